The molecule has 3 heterocycles. The van der Waals surface area contributed by atoms with Crippen LogP contribution in [-0.2, 0) is 32.2 Å². The number of allylic oxidation sites excluding steroid dienone is 2. The maximum atomic E-state index is 13.4. The van der Waals surface area contributed by atoms with Gasteiger partial charge in [0.05, 0.1) is 30.2 Å². The third-order valence-corrected chi connectivity index (χ3v) is 6.12. The largest absolute Gasteiger partial charge is 0.466 e. The summed E-state index contributed by atoms with van der Waals surface area (Å²) in [6, 6.07) is 10.6. The first-order valence-corrected chi connectivity index (χ1v) is 10.7. The van der Waals surface area contributed by atoms with Crippen LogP contribution in [-0.4, -0.2) is 35.1 Å². The van der Waals surface area contributed by atoms with E-state index in [0.29, 0.717) is 24.5 Å². The number of nitro groups is 1. The monoisotopic (exact) mass is 467 g/mol. The predicted molar refractivity (Wildman–Crippen MR) is 120 cm³/mol. The van der Waals surface area contributed by atoms with Crippen LogP contribution in [0.1, 0.15) is 43.6 Å². The molecule has 2 aliphatic heterocycles. The molecule has 10 nitrogen and oxygen atoms in total. The van der Waals surface area contributed by atoms with Crippen LogP contribution in [0.15, 0.2) is 63.4 Å². The maximum absolute atomic E-state index is 13.4. The van der Waals surface area contributed by atoms with E-state index in [1.54, 1.807) is 20.8 Å². The molecule has 1 aromatic carbocycles. The van der Waals surface area contributed by atoms with Gasteiger partial charge in [-0.15, -0.1) is 0 Å². The summed E-state index contributed by atoms with van der Waals surface area (Å²) in [5.74, 6) is -2.80. The van der Waals surface area contributed by atoms with Crippen LogP contribution in [0, 0.1) is 10.1 Å². The Morgan fingerprint density at radius 1 is 1.09 bits per heavy atom. The number of fused-ring (bicyclic) bond motifs is 1. The van der Waals surface area contributed by atoms with Crippen molar-refractivity contribution in [1.29, 1.82) is 0 Å². The van der Waals surface area contributed by atoms with Gasteiger partial charge in [-0.05, 0) is 38.0 Å². The molecule has 0 bridgehead atoms. The molecule has 0 spiro atoms. The highest BCUT2D eigenvalue weighted by molar-refractivity contribution is 5.99. The fourth-order valence-corrected chi connectivity index (χ4v) is 4.43. The van der Waals surface area contributed by atoms with E-state index < -0.39 is 34.9 Å². The number of carbonyl (C=O) groups excluding carboxylic acids is 2. The first-order chi connectivity index (χ1) is 16.2. The third kappa shape index (κ3) is 4.19. The van der Waals surface area contributed by atoms with E-state index in [1.807, 2.05) is 29.2 Å². The van der Waals surface area contributed by atoms with Gasteiger partial charge < -0.3 is 19.2 Å². The molecule has 0 saturated carbocycles. The number of dihydropyridines is 1. The van der Waals surface area contributed by atoms with Gasteiger partial charge in [0.15, 0.2) is 6.23 Å². The van der Waals surface area contributed by atoms with E-state index in [-0.39, 0.29) is 16.9 Å². The van der Waals surface area contributed by atoms with E-state index >= 15 is 0 Å². The number of methoxy groups -OCH3 is 1. The van der Waals surface area contributed by atoms with Crippen molar-refractivity contribution in [2.75, 3.05) is 7.11 Å². The lowest BCUT2D eigenvalue weighted by molar-refractivity contribution is -0.402. The number of esters is 2. The van der Waals surface area contributed by atoms with Crippen LogP contribution in [0.2, 0.25) is 0 Å². The molecule has 0 aliphatic carbocycles. The summed E-state index contributed by atoms with van der Waals surface area (Å²) < 4.78 is 16.2. The second kappa shape index (κ2) is 9.14. The molecule has 34 heavy (non-hydrogen) atoms. The van der Waals surface area contributed by atoms with Crippen LogP contribution in [0.5, 0.6) is 0 Å². The SMILES string of the molecule is COC(=O)C1=C(C)NC(C)=C(C(=O)OC(C)N2Cc3ccccc3C2)C1c1ccc([N+](=O)[O-])o1. The Hall–Kier alpha value is -3.92. The number of ether oxygens (including phenoxy) is 2. The second-order valence-corrected chi connectivity index (χ2v) is 8.24. The topological polar surface area (TPSA) is 124 Å². The van der Waals surface area contributed by atoms with Gasteiger partial charge in [0, 0.05) is 24.5 Å². The molecule has 178 valence electrons. The van der Waals surface area contributed by atoms with E-state index in [4.69, 9.17) is 13.9 Å². The summed E-state index contributed by atoms with van der Waals surface area (Å²) in [7, 11) is 1.22. The average molecular weight is 467 g/mol. The summed E-state index contributed by atoms with van der Waals surface area (Å²) in [4.78, 5) is 38.6. The van der Waals surface area contributed by atoms with Gasteiger partial charge in [-0.25, -0.2) is 9.59 Å². The van der Waals surface area contributed by atoms with Crippen molar-refractivity contribution in [3.8, 4) is 0 Å². The van der Waals surface area contributed by atoms with Crippen LogP contribution < -0.4 is 5.32 Å². The number of nitrogens with one attached hydrogen (secondary N) is 1. The molecule has 2 aliphatic rings. The molecule has 0 amide bonds. The number of benzene rings is 1. The van der Waals surface area contributed by atoms with Crippen molar-refractivity contribution >= 4 is 17.8 Å². The maximum Gasteiger partial charge on any atom is 0.433 e. The summed E-state index contributed by atoms with van der Waals surface area (Å²) in [6.07, 6.45) is -0.555. The highest BCUT2D eigenvalue weighted by Gasteiger charge is 2.41. The molecule has 2 aromatic rings. The molecule has 0 fully saturated rings. The first kappa shape index (κ1) is 23.2. The van der Waals surface area contributed by atoms with Crippen molar-refractivity contribution in [3.05, 3.63) is 85.9 Å². The number of rotatable bonds is 6. The molecule has 2 unspecified atom stereocenters. The van der Waals surface area contributed by atoms with Crippen molar-refractivity contribution in [2.24, 2.45) is 0 Å². The van der Waals surface area contributed by atoms with Crippen LogP contribution >= 0.6 is 0 Å². The van der Waals surface area contributed by atoms with Crippen LogP contribution in [0.25, 0.3) is 0 Å². The minimum absolute atomic E-state index is 0.0699. The predicted octanol–water partition coefficient (Wildman–Crippen LogP) is 3.50. The molecule has 1 N–H and O–H groups in total. The zero-order valence-electron chi connectivity index (χ0n) is 19.3. The zero-order valence-corrected chi connectivity index (χ0v) is 19.3. The lowest BCUT2D eigenvalue weighted by Crippen LogP contribution is -2.36. The minimum Gasteiger partial charge on any atom is -0.466 e. The van der Waals surface area contributed by atoms with Gasteiger partial charge in [-0.1, -0.05) is 24.3 Å². The zero-order chi connectivity index (χ0) is 24.6. The molecule has 1 aromatic heterocycles. The van der Waals surface area contributed by atoms with Gasteiger partial charge in [-0.3, -0.25) is 15.0 Å². The molecule has 0 radical (unpaired) electrons. The number of hydrogen-bond donors (Lipinski definition) is 1. The van der Waals surface area contributed by atoms with E-state index in [0.717, 1.165) is 0 Å². The van der Waals surface area contributed by atoms with Gasteiger partial charge >= 0.3 is 17.8 Å². The van der Waals surface area contributed by atoms with Crippen molar-refractivity contribution in [1.82, 2.24) is 10.2 Å². The van der Waals surface area contributed by atoms with Crippen molar-refractivity contribution in [3.63, 3.8) is 0 Å². The van der Waals surface area contributed by atoms with Gasteiger partial charge in [-0.2, -0.15) is 0 Å². The van der Waals surface area contributed by atoms with Crippen molar-refractivity contribution in [2.45, 2.75) is 46.0 Å². The Bertz CT molecular complexity index is 1200. The van der Waals surface area contributed by atoms with E-state index in [9.17, 15) is 19.7 Å². The third-order valence-electron chi connectivity index (χ3n) is 6.12. The molecular weight excluding hydrogens is 442 g/mol. The van der Waals surface area contributed by atoms with Gasteiger partial charge in [0.25, 0.3) is 0 Å². The Balaban J connectivity index is 1.65. The lowest BCUT2D eigenvalue weighted by atomic mass is 9.83. The molecular formula is C24H25N3O7. The lowest BCUT2D eigenvalue weighted by Gasteiger charge is -2.30. The van der Waals surface area contributed by atoms with Crippen LogP contribution in [0.3, 0.4) is 0 Å². The van der Waals surface area contributed by atoms with Gasteiger partial charge in [0.2, 0.25) is 0 Å². The molecule has 0 saturated heterocycles. The Morgan fingerprint density at radius 2 is 1.68 bits per heavy atom. The standard InChI is InChI=1S/C24H25N3O7/c1-13-20(23(28)32-4)22(18-9-10-19(34-18)27(30)31)21(14(2)25-13)24(29)33-15(3)26-11-16-7-5-6-8-17(16)12-26/h5-10,15,22,25H,11-12H2,1-4H3. The van der Waals surface area contributed by atoms with Crippen molar-refractivity contribution < 1.29 is 28.4 Å². The summed E-state index contributed by atoms with van der Waals surface area (Å²) in [5.41, 5.74) is 3.49. The average Bonchev–Trinajstić information content (AvgIpc) is 3.45. The Morgan fingerprint density at radius 3 is 2.21 bits per heavy atom. The number of nitrogens with zero attached hydrogens (tertiary/aromatic N) is 2. The normalized spacial score (nSPS) is 18.9. The number of furan rings is 1. The van der Waals surface area contributed by atoms with E-state index in [2.05, 4.69) is 5.32 Å². The highest BCUT2D eigenvalue weighted by Crippen LogP contribution is 2.41. The Labute approximate surface area is 196 Å². The summed E-state index contributed by atoms with van der Waals surface area (Å²) in [6.45, 7) is 6.40. The quantitative estimate of drug-likeness (QED) is 0.386. The summed E-state index contributed by atoms with van der Waals surface area (Å²) in [5, 5.41) is 14.2. The fourth-order valence-electron chi connectivity index (χ4n) is 4.43. The summed E-state index contributed by atoms with van der Waals surface area (Å²) >= 11 is 0. The van der Waals surface area contributed by atoms with Crippen LogP contribution in [0.4, 0.5) is 5.88 Å². The first-order valence-electron chi connectivity index (χ1n) is 10.7. The highest BCUT2D eigenvalue weighted by atomic mass is 16.6. The number of hydrogen-bond acceptors (Lipinski definition) is 9. The van der Waals surface area contributed by atoms with Gasteiger partial charge in [0.1, 0.15) is 10.7 Å². The fraction of sp³-hybridized carbons (Fsp3) is 0.333. The molecule has 10 heteroatoms. The molecule has 4 rings (SSSR count). The Kier molecular flexibility index (Phi) is 6.25. The minimum atomic E-state index is -1.03. The second-order valence-electron chi connectivity index (χ2n) is 8.24. The number of carbonyl (C=O) groups is 2. The van der Waals surface area contributed by atoms with E-state index in [1.165, 1.54) is 30.4 Å². The molecule has 2 atom stereocenters. The smallest absolute Gasteiger partial charge is 0.433 e.